The number of amides is 1. The van der Waals surface area contributed by atoms with E-state index < -0.39 is 10.0 Å². The Bertz CT molecular complexity index is 450. The van der Waals surface area contributed by atoms with Crippen LogP contribution in [-0.2, 0) is 19.6 Å². The lowest BCUT2D eigenvalue weighted by Crippen LogP contribution is -2.43. The van der Waals surface area contributed by atoms with Crippen LogP contribution in [0.1, 0.15) is 6.42 Å². The van der Waals surface area contributed by atoms with Gasteiger partial charge in [0.05, 0.1) is 19.5 Å². The average molecular weight is 350 g/mol. The lowest BCUT2D eigenvalue weighted by atomic mass is 10.3. The topological polar surface area (TPSA) is 82.2 Å². The van der Waals surface area contributed by atoms with Crippen molar-refractivity contribution in [3.05, 3.63) is 0 Å². The number of carbonyl (C=O) groups excluding carboxylic acids is 1. The third-order valence-electron chi connectivity index (χ3n) is 3.71. The van der Waals surface area contributed by atoms with E-state index in [1.807, 2.05) is 19.0 Å². The van der Waals surface area contributed by atoms with Crippen molar-refractivity contribution in [2.24, 2.45) is 0 Å². The lowest BCUT2D eigenvalue weighted by molar-refractivity contribution is -0.121. The van der Waals surface area contributed by atoms with Gasteiger partial charge in [0.2, 0.25) is 15.9 Å². The molecule has 0 saturated carbocycles. The first-order chi connectivity index (χ1) is 10.8. The van der Waals surface area contributed by atoms with Crippen molar-refractivity contribution in [3.8, 4) is 0 Å². The molecule has 1 aliphatic rings. The van der Waals surface area contributed by atoms with Crippen molar-refractivity contribution in [3.63, 3.8) is 0 Å². The number of nitrogens with one attached hydrogen (secondary N) is 1. The van der Waals surface area contributed by atoms with Crippen LogP contribution in [0.2, 0.25) is 0 Å². The first kappa shape index (κ1) is 20.3. The molecule has 0 aromatic rings. The van der Waals surface area contributed by atoms with Crippen molar-refractivity contribution in [2.45, 2.75) is 6.42 Å². The van der Waals surface area contributed by atoms with Gasteiger partial charge in [0.1, 0.15) is 0 Å². The number of hydrogen-bond donors (Lipinski definition) is 1. The highest BCUT2D eigenvalue weighted by atomic mass is 32.2. The molecule has 0 atom stereocenters. The van der Waals surface area contributed by atoms with Crippen LogP contribution in [0.5, 0.6) is 0 Å². The predicted molar refractivity (Wildman–Crippen MR) is 89.9 cm³/mol. The maximum absolute atomic E-state index is 11.9. The molecule has 0 bridgehead atoms. The molecule has 9 heteroatoms. The minimum Gasteiger partial charge on any atom is -0.379 e. The van der Waals surface area contributed by atoms with E-state index in [1.165, 1.54) is 10.6 Å². The average Bonchev–Trinajstić information content (AvgIpc) is 2.46. The van der Waals surface area contributed by atoms with E-state index in [0.29, 0.717) is 32.8 Å². The number of morpholine rings is 1. The summed E-state index contributed by atoms with van der Waals surface area (Å²) in [5.41, 5.74) is 0. The maximum atomic E-state index is 11.9. The lowest BCUT2D eigenvalue weighted by Gasteiger charge is -2.29. The molecule has 0 aromatic heterocycles. The molecule has 0 unspecified atom stereocenters. The van der Waals surface area contributed by atoms with Crippen molar-refractivity contribution >= 4 is 15.9 Å². The van der Waals surface area contributed by atoms with Crippen molar-refractivity contribution in [1.29, 1.82) is 0 Å². The standard InChI is InChI=1S/C14H30N4O4S/c1-16(2)7-5-15-14(19)4-6-18(23(3,20)21)9-8-17-10-12-22-13-11-17/h4-13H2,1-3H3,(H,15,19). The summed E-state index contributed by atoms with van der Waals surface area (Å²) in [7, 11) is 0.559. The minimum absolute atomic E-state index is 0.119. The van der Waals surface area contributed by atoms with Crippen LogP contribution in [0.3, 0.4) is 0 Å². The summed E-state index contributed by atoms with van der Waals surface area (Å²) < 4.78 is 30.4. The monoisotopic (exact) mass is 350 g/mol. The highest BCUT2D eigenvalue weighted by Crippen LogP contribution is 2.03. The fourth-order valence-corrected chi connectivity index (χ4v) is 3.09. The van der Waals surface area contributed by atoms with E-state index in [0.717, 1.165) is 19.6 Å². The first-order valence-corrected chi connectivity index (χ1v) is 9.80. The van der Waals surface area contributed by atoms with Crippen molar-refractivity contribution < 1.29 is 17.9 Å². The van der Waals surface area contributed by atoms with Crippen molar-refractivity contribution in [1.82, 2.24) is 19.4 Å². The molecule has 1 saturated heterocycles. The van der Waals surface area contributed by atoms with E-state index in [2.05, 4.69) is 10.2 Å². The molecule has 136 valence electrons. The molecule has 1 rings (SSSR count). The molecular formula is C14H30N4O4S. The third kappa shape index (κ3) is 9.21. The zero-order valence-electron chi connectivity index (χ0n) is 14.5. The molecule has 23 heavy (non-hydrogen) atoms. The Morgan fingerprint density at radius 2 is 1.83 bits per heavy atom. The van der Waals surface area contributed by atoms with Gasteiger partial charge in [-0.25, -0.2) is 12.7 Å². The van der Waals surface area contributed by atoms with Crippen LogP contribution in [0.4, 0.5) is 0 Å². The first-order valence-electron chi connectivity index (χ1n) is 7.95. The summed E-state index contributed by atoms with van der Waals surface area (Å²) in [5, 5.41) is 2.80. The van der Waals surface area contributed by atoms with Gasteiger partial charge in [0.25, 0.3) is 0 Å². The van der Waals surface area contributed by atoms with Crippen molar-refractivity contribution in [2.75, 3.05) is 79.4 Å². The second kappa shape index (κ2) is 10.2. The summed E-state index contributed by atoms with van der Waals surface area (Å²) in [6.07, 6.45) is 1.37. The van der Waals surface area contributed by atoms with Crippen LogP contribution in [0, 0.1) is 0 Å². The number of sulfonamides is 1. The molecule has 1 N–H and O–H groups in total. The fourth-order valence-electron chi connectivity index (χ4n) is 2.25. The molecule has 1 fully saturated rings. The van der Waals surface area contributed by atoms with Gasteiger partial charge in [-0.05, 0) is 14.1 Å². The Kier molecular flexibility index (Phi) is 9.00. The van der Waals surface area contributed by atoms with E-state index >= 15 is 0 Å². The number of nitrogens with zero attached hydrogens (tertiary/aromatic N) is 3. The summed E-state index contributed by atoms with van der Waals surface area (Å²) in [6.45, 7) is 5.64. The smallest absolute Gasteiger partial charge is 0.221 e. The molecule has 0 aromatic carbocycles. The number of carbonyl (C=O) groups is 1. The number of rotatable bonds is 10. The van der Waals surface area contributed by atoms with Gasteiger partial charge in [-0.1, -0.05) is 0 Å². The van der Waals surface area contributed by atoms with Gasteiger partial charge in [-0.3, -0.25) is 9.69 Å². The Morgan fingerprint density at radius 3 is 2.39 bits per heavy atom. The molecular weight excluding hydrogens is 320 g/mol. The second-order valence-corrected chi connectivity index (χ2v) is 8.00. The van der Waals surface area contributed by atoms with E-state index in [9.17, 15) is 13.2 Å². The zero-order chi connectivity index (χ0) is 17.3. The van der Waals surface area contributed by atoms with Gasteiger partial charge < -0.3 is 15.0 Å². The third-order valence-corrected chi connectivity index (χ3v) is 5.01. The van der Waals surface area contributed by atoms with E-state index in [4.69, 9.17) is 4.74 Å². The molecule has 1 heterocycles. The summed E-state index contributed by atoms with van der Waals surface area (Å²) in [4.78, 5) is 15.9. The molecule has 0 radical (unpaired) electrons. The van der Waals surface area contributed by atoms with Gasteiger partial charge in [-0.2, -0.15) is 0 Å². The van der Waals surface area contributed by atoms with Crippen LogP contribution >= 0.6 is 0 Å². The Hall–Kier alpha value is -0.740. The molecule has 1 amide bonds. The normalized spacial score (nSPS) is 16.9. The summed E-state index contributed by atoms with van der Waals surface area (Å²) in [6, 6.07) is 0. The summed E-state index contributed by atoms with van der Waals surface area (Å²) in [5.74, 6) is -0.119. The zero-order valence-corrected chi connectivity index (χ0v) is 15.3. The van der Waals surface area contributed by atoms with Gasteiger partial charge in [0.15, 0.2) is 0 Å². The van der Waals surface area contributed by atoms with Crippen LogP contribution < -0.4 is 5.32 Å². The molecule has 0 spiro atoms. The van der Waals surface area contributed by atoms with Crippen LogP contribution in [0.15, 0.2) is 0 Å². The molecule has 0 aliphatic carbocycles. The highest BCUT2D eigenvalue weighted by Gasteiger charge is 2.19. The van der Waals surface area contributed by atoms with E-state index in [1.54, 1.807) is 0 Å². The highest BCUT2D eigenvalue weighted by molar-refractivity contribution is 7.88. The predicted octanol–water partition coefficient (Wildman–Crippen LogP) is -1.35. The molecule has 1 aliphatic heterocycles. The number of likely N-dealkylation sites (N-methyl/N-ethyl adjacent to an activating group) is 1. The number of hydrogen-bond acceptors (Lipinski definition) is 6. The van der Waals surface area contributed by atoms with E-state index in [-0.39, 0.29) is 18.9 Å². The Balaban J connectivity index is 2.35. The summed E-state index contributed by atoms with van der Waals surface area (Å²) >= 11 is 0. The van der Waals surface area contributed by atoms with Gasteiger partial charge in [-0.15, -0.1) is 0 Å². The quantitative estimate of drug-likeness (QED) is 0.525. The Morgan fingerprint density at radius 1 is 1.17 bits per heavy atom. The maximum Gasteiger partial charge on any atom is 0.221 e. The minimum atomic E-state index is -3.31. The van der Waals surface area contributed by atoms with Gasteiger partial charge >= 0.3 is 0 Å². The largest absolute Gasteiger partial charge is 0.379 e. The molecule has 8 nitrogen and oxygen atoms in total. The Labute approximate surface area is 139 Å². The SMILES string of the molecule is CN(C)CCNC(=O)CCN(CCN1CCOCC1)S(C)(=O)=O. The fraction of sp³-hybridized carbons (Fsp3) is 0.929. The van der Waals surface area contributed by atoms with Crippen LogP contribution in [0.25, 0.3) is 0 Å². The van der Waals surface area contributed by atoms with Crippen LogP contribution in [-0.4, -0.2) is 108 Å². The van der Waals surface area contributed by atoms with Gasteiger partial charge in [0, 0.05) is 52.2 Å². The number of ether oxygens (including phenoxy) is 1. The second-order valence-electron chi connectivity index (χ2n) is 6.02.